The number of aromatic nitrogens is 1. The van der Waals surface area contributed by atoms with Gasteiger partial charge in [0, 0.05) is 42.8 Å². The van der Waals surface area contributed by atoms with Crippen LogP contribution >= 0.6 is 11.6 Å². The predicted molar refractivity (Wildman–Crippen MR) is 132 cm³/mol. The standard InChI is InChI=1S/C26H29ClF2N4O4/c1-25(2,3)37-24(34)33-13-26(14-33)15-35-23(36-16-26)6-7-32(22-5-4-17(10-30)11-31-22)12-19-20(28)8-18(27)9-21(19)29/h4-5,8-9,11,23H,6-7,12-16H2,1-3H3. The number of hydrogen-bond acceptors (Lipinski definition) is 7. The van der Waals surface area contributed by atoms with E-state index in [0.717, 1.165) is 12.1 Å². The maximum Gasteiger partial charge on any atom is 0.410 e. The number of amides is 1. The highest BCUT2D eigenvalue weighted by Crippen LogP contribution is 2.36. The molecular weight excluding hydrogens is 506 g/mol. The molecule has 0 N–H and O–H groups in total. The molecule has 198 valence electrons. The fraction of sp³-hybridized carbons (Fsp3) is 0.500. The highest BCUT2D eigenvalue weighted by atomic mass is 35.5. The molecule has 0 bridgehead atoms. The largest absolute Gasteiger partial charge is 0.444 e. The molecule has 3 heterocycles. The van der Waals surface area contributed by atoms with E-state index in [1.54, 1.807) is 21.9 Å². The number of nitriles is 1. The molecule has 0 saturated carbocycles. The van der Waals surface area contributed by atoms with Crippen LogP contribution in [0, 0.1) is 28.4 Å². The lowest BCUT2D eigenvalue weighted by atomic mass is 9.81. The first-order valence-electron chi connectivity index (χ1n) is 11.9. The van der Waals surface area contributed by atoms with Gasteiger partial charge < -0.3 is 24.0 Å². The SMILES string of the molecule is CC(C)(C)OC(=O)N1CC2(COC(CCN(Cc3c(F)cc(Cl)cc3F)c3ccc(C#N)cn3)OC2)C1. The van der Waals surface area contributed by atoms with Crippen molar-refractivity contribution in [2.75, 3.05) is 37.7 Å². The predicted octanol–water partition coefficient (Wildman–Crippen LogP) is 4.89. The molecule has 2 saturated heterocycles. The number of ether oxygens (including phenoxy) is 3. The highest BCUT2D eigenvalue weighted by Gasteiger charge is 2.49. The van der Waals surface area contributed by atoms with E-state index >= 15 is 0 Å². The maximum absolute atomic E-state index is 14.5. The second-order valence-electron chi connectivity index (χ2n) is 10.5. The summed E-state index contributed by atoms with van der Waals surface area (Å²) in [5, 5.41) is 9.03. The van der Waals surface area contributed by atoms with Gasteiger partial charge in [0.05, 0.1) is 30.7 Å². The molecule has 0 atom stereocenters. The van der Waals surface area contributed by atoms with Crippen molar-refractivity contribution in [3.63, 3.8) is 0 Å². The Hall–Kier alpha value is -3.00. The van der Waals surface area contributed by atoms with Crippen molar-refractivity contribution in [3.8, 4) is 6.07 Å². The van der Waals surface area contributed by atoms with Crippen LogP contribution in [0.15, 0.2) is 30.5 Å². The second kappa shape index (κ2) is 10.8. The Labute approximate surface area is 219 Å². The number of likely N-dealkylation sites (tertiary alicyclic amines) is 1. The van der Waals surface area contributed by atoms with E-state index in [9.17, 15) is 13.6 Å². The van der Waals surface area contributed by atoms with E-state index in [0.29, 0.717) is 50.7 Å². The Morgan fingerprint density at radius 1 is 1.27 bits per heavy atom. The average molecular weight is 535 g/mol. The molecule has 2 aromatic rings. The number of carbonyl (C=O) groups is 1. The smallest absolute Gasteiger partial charge is 0.410 e. The summed E-state index contributed by atoms with van der Waals surface area (Å²) >= 11 is 5.77. The molecule has 1 spiro atoms. The van der Waals surface area contributed by atoms with Crippen molar-refractivity contribution >= 4 is 23.5 Å². The van der Waals surface area contributed by atoms with Crippen molar-refractivity contribution < 1.29 is 27.8 Å². The van der Waals surface area contributed by atoms with Gasteiger partial charge in [0.25, 0.3) is 0 Å². The Balaban J connectivity index is 1.36. The third kappa shape index (κ3) is 6.66. The van der Waals surface area contributed by atoms with Crippen LogP contribution in [0.1, 0.15) is 38.3 Å². The number of pyridine rings is 1. The molecule has 37 heavy (non-hydrogen) atoms. The Kier molecular flexibility index (Phi) is 7.88. The topological polar surface area (TPSA) is 87.9 Å². The van der Waals surface area contributed by atoms with E-state index in [1.807, 2.05) is 26.8 Å². The highest BCUT2D eigenvalue weighted by molar-refractivity contribution is 6.30. The van der Waals surface area contributed by atoms with Crippen LogP contribution in [-0.2, 0) is 20.8 Å². The van der Waals surface area contributed by atoms with Crippen LogP contribution < -0.4 is 4.90 Å². The van der Waals surface area contributed by atoms with Crippen molar-refractivity contribution in [2.24, 2.45) is 5.41 Å². The summed E-state index contributed by atoms with van der Waals surface area (Å²) in [5.41, 5.74) is -0.593. The first-order chi connectivity index (χ1) is 17.5. The van der Waals surface area contributed by atoms with Gasteiger partial charge in [0.1, 0.15) is 29.1 Å². The second-order valence-corrected chi connectivity index (χ2v) is 10.9. The number of halogens is 3. The zero-order valence-electron chi connectivity index (χ0n) is 21.0. The van der Waals surface area contributed by atoms with E-state index < -0.39 is 23.5 Å². The van der Waals surface area contributed by atoms with E-state index in [4.69, 9.17) is 31.1 Å². The summed E-state index contributed by atoms with van der Waals surface area (Å²) < 4.78 is 46.3. The minimum absolute atomic E-state index is 0.0269. The number of rotatable bonds is 6. The molecule has 8 nitrogen and oxygen atoms in total. The lowest BCUT2D eigenvalue weighted by Gasteiger charge is -2.52. The lowest BCUT2D eigenvalue weighted by molar-refractivity contribution is -0.254. The number of anilines is 1. The average Bonchev–Trinajstić information content (AvgIpc) is 2.81. The number of carbonyl (C=O) groups excluding carboxylic acids is 1. The van der Waals surface area contributed by atoms with Crippen LogP contribution in [0.5, 0.6) is 0 Å². The molecule has 0 unspecified atom stereocenters. The van der Waals surface area contributed by atoms with Gasteiger partial charge in [-0.05, 0) is 45.0 Å². The molecule has 4 rings (SSSR count). The molecule has 2 fully saturated rings. The van der Waals surface area contributed by atoms with E-state index in [1.165, 1.54) is 6.20 Å². The zero-order chi connectivity index (χ0) is 26.8. The number of benzene rings is 1. The van der Waals surface area contributed by atoms with Crippen LogP contribution in [0.3, 0.4) is 0 Å². The van der Waals surface area contributed by atoms with Crippen LogP contribution in [0.4, 0.5) is 19.4 Å². The summed E-state index contributed by atoms with van der Waals surface area (Å²) in [6.45, 7) is 7.52. The molecule has 0 radical (unpaired) electrons. The van der Waals surface area contributed by atoms with Crippen LogP contribution in [-0.4, -0.2) is 60.7 Å². The molecule has 1 amide bonds. The molecule has 1 aromatic heterocycles. The summed E-state index contributed by atoms with van der Waals surface area (Å²) in [7, 11) is 0. The minimum atomic E-state index is -0.754. The van der Waals surface area contributed by atoms with Crippen molar-refractivity contribution in [1.29, 1.82) is 5.26 Å². The van der Waals surface area contributed by atoms with Gasteiger partial charge in [-0.1, -0.05) is 11.6 Å². The summed E-state index contributed by atoms with van der Waals surface area (Å²) in [6, 6.07) is 7.35. The van der Waals surface area contributed by atoms with E-state index in [2.05, 4.69) is 4.98 Å². The fourth-order valence-corrected chi connectivity index (χ4v) is 4.48. The van der Waals surface area contributed by atoms with Crippen molar-refractivity contribution in [3.05, 3.63) is 58.2 Å². The maximum atomic E-state index is 14.5. The van der Waals surface area contributed by atoms with Gasteiger partial charge >= 0.3 is 6.09 Å². The zero-order valence-corrected chi connectivity index (χ0v) is 21.7. The molecule has 0 aliphatic carbocycles. The Morgan fingerprint density at radius 2 is 1.92 bits per heavy atom. The first kappa shape index (κ1) is 27.0. The summed E-state index contributed by atoms with van der Waals surface area (Å²) in [6.07, 6.45) is 0.931. The van der Waals surface area contributed by atoms with Gasteiger partial charge in [-0.15, -0.1) is 0 Å². The molecule has 11 heteroatoms. The minimum Gasteiger partial charge on any atom is -0.444 e. The van der Waals surface area contributed by atoms with E-state index in [-0.39, 0.29) is 28.6 Å². The van der Waals surface area contributed by atoms with Crippen molar-refractivity contribution in [1.82, 2.24) is 9.88 Å². The third-order valence-electron chi connectivity index (χ3n) is 6.15. The number of nitrogens with zero attached hydrogens (tertiary/aromatic N) is 4. The Morgan fingerprint density at radius 3 is 2.46 bits per heavy atom. The summed E-state index contributed by atoms with van der Waals surface area (Å²) in [5.74, 6) is -1.06. The normalized spacial score (nSPS) is 17.3. The lowest BCUT2D eigenvalue weighted by Crippen LogP contribution is -2.65. The molecule has 2 aliphatic heterocycles. The number of hydrogen-bond donors (Lipinski definition) is 0. The van der Waals surface area contributed by atoms with Crippen molar-refractivity contribution in [2.45, 2.75) is 45.6 Å². The van der Waals surface area contributed by atoms with Gasteiger partial charge in [-0.25, -0.2) is 18.6 Å². The van der Waals surface area contributed by atoms with Gasteiger partial charge in [-0.3, -0.25) is 0 Å². The Bertz CT molecular complexity index is 1140. The molecular formula is C26H29ClF2N4O4. The van der Waals surface area contributed by atoms with Crippen LogP contribution in [0.2, 0.25) is 5.02 Å². The third-order valence-corrected chi connectivity index (χ3v) is 6.36. The molecule has 2 aliphatic rings. The van der Waals surface area contributed by atoms with Gasteiger partial charge in [-0.2, -0.15) is 5.26 Å². The summed E-state index contributed by atoms with van der Waals surface area (Å²) in [4.78, 5) is 19.8. The first-order valence-corrected chi connectivity index (χ1v) is 12.3. The quantitative estimate of drug-likeness (QED) is 0.521. The molecule has 1 aromatic carbocycles. The monoisotopic (exact) mass is 534 g/mol. The van der Waals surface area contributed by atoms with Gasteiger partial charge in [0.2, 0.25) is 0 Å². The fourth-order valence-electron chi connectivity index (χ4n) is 4.29. The van der Waals surface area contributed by atoms with Crippen LogP contribution in [0.25, 0.3) is 0 Å². The van der Waals surface area contributed by atoms with Gasteiger partial charge in [0.15, 0.2) is 6.29 Å².